The number of benzene rings is 2. The van der Waals surface area contributed by atoms with E-state index in [1.54, 1.807) is 17.8 Å². The number of amides is 1. The molecule has 26 heavy (non-hydrogen) atoms. The first-order chi connectivity index (χ1) is 12.5. The van der Waals surface area contributed by atoms with Crippen LogP contribution in [0.1, 0.15) is 17.2 Å². The zero-order valence-electron chi connectivity index (χ0n) is 13.8. The number of nitrogens with zero attached hydrogens (tertiary/aromatic N) is 2. The highest BCUT2D eigenvalue weighted by Crippen LogP contribution is 2.39. The van der Waals surface area contributed by atoms with Crippen molar-refractivity contribution in [3.8, 4) is 0 Å². The molecule has 2 heterocycles. The summed E-state index contributed by atoms with van der Waals surface area (Å²) in [6.45, 7) is 0.121. The van der Waals surface area contributed by atoms with E-state index >= 15 is 0 Å². The maximum atomic E-state index is 14.0. The molecule has 1 unspecified atom stereocenters. The molecule has 1 fully saturated rings. The van der Waals surface area contributed by atoms with Crippen molar-refractivity contribution in [2.75, 3.05) is 7.05 Å². The van der Waals surface area contributed by atoms with Crippen LogP contribution >= 0.6 is 11.8 Å². The first kappa shape index (κ1) is 16.8. The van der Waals surface area contributed by atoms with Gasteiger partial charge in [-0.2, -0.15) is 0 Å². The number of thioether (sulfide) groups is 1. The molecule has 0 spiro atoms. The molecule has 0 bridgehead atoms. The van der Waals surface area contributed by atoms with Gasteiger partial charge in [-0.15, -0.1) is 0 Å². The Kier molecular flexibility index (Phi) is 4.03. The Labute approximate surface area is 152 Å². The molecule has 1 saturated heterocycles. The van der Waals surface area contributed by atoms with Crippen LogP contribution < -0.4 is 0 Å². The molecule has 1 aliphatic heterocycles. The van der Waals surface area contributed by atoms with Gasteiger partial charge in [-0.25, -0.2) is 8.78 Å². The highest BCUT2D eigenvalue weighted by atomic mass is 32.2. The van der Waals surface area contributed by atoms with Crippen LogP contribution in [0.25, 0.3) is 10.9 Å². The lowest BCUT2D eigenvalue weighted by Gasteiger charge is -2.16. The molecule has 1 aromatic heterocycles. The van der Waals surface area contributed by atoms with Crippen LogP contribution in [0.3, 0.4) is 0 Å². The first-order valence-corrected chi connectivity index (χ1v) is 8.77. The zero-order valence-corrected chi connectivity index (χ0v) is 14.6. The number of fused-ring (bicyclic) bond motifs is 1. The summed E-state index contributed by atoms with van der Waals surface area (Å²) in [6, 6.07) is 10.0. The summed E-state index contributed by atoms with van der Waals surface area (Å²) in [5, 5.41) is 0.273. The van der Waals surface area contributed by atoms with Crippen LogP contribution in [-0.4, -0.2) is 26.9 Å². The van der Waals surface area contributed by atoms with Gasteiger partial charge in [0, 0.05) is 47.0 Å². The fourth-order valence-corrected chi connectivity index (χ4v) is 4.10. The van der Waals surface area contributed by atoms with E-state index in [2.05, 4.69) is 0 Å². The van der Waals surface area contributed by atoms with Gasteiger partial charge >= 0.3 is 0 Å². The Balaban J connectivity index is 1.83. The molecule has 2 aromatic carbocycles. The van der Waals surface area contributed by atoms with Crippen LogP contribution in [-0.2, 0) is 11.3 Å². The van der Waals surface area contributed by atoms with E-state index in [-0.39, 0.29) is 22.5 Å². The molecular weight excluding hydrogens is 358 g/mol. The summed E-state index contributed by atoms with van der Waals surface area (Å²) in [6.07, 6.45) is 1.74. The van der Waals surface area contributed by atoms with Crippen molar-refractivity contribution in [2.24, 2.45) is 0 Å². The SMILES string of the molecule is CN1C(=O)SC(=O)C1c1cn(Cc2cc(F)ccc2F)c2ccccc12. The smallest absolute Gasteiger partial charge is 0.289 e. The summed E-state index contributed by atoms with van der Waals surface area (Å²) in [5.41, 5.74) is 1.69. The fourth-order valence-electron chi connectivity index (χ4n) is 3.28. The molecule has 0 saturated carbocycles. The second-order valence-corrected chi connectivity index (χ2v) is 7.12. The summed E-state index contributed by atoms with van der Waals surface area (Å²) in [5.74, 6) is -1.00. The van der Waals surface area contributed by atoms with E-state index in [4.69, 9.17) is 0 Å². The Morgan fingerprint density at radius 1 is 1.12 bits per heavy atom. The number of aromatic nitrogens is 1. The van der Waals surface area contributed by atoms with E-state index in [0.717, 1.165) is 29.1 Å². The van der Waals surface area contributed by atoms with Crippen LogP contribution in [0, 0.1) is 11.6 Å². The number of para-hydroxylation sites is 1. The lowest BCUT2D eigenvalue weighted by atomic mass is 10.1. The van der Waals surface area contributed by atoms with Gasteiger partial charge in [-0.1, -0.05) is 18.2 Å². The molecule has 0 N–H and O–H groups in total. The molecule has 4 rings (SSSR count). The van der Waals surface area contributed by atoms with Gasteiger partial charge in [0.25, 0.3) is 5.24 Å². The minimum atomic E-state index is -0.684. The van der Waals surface area contributed by atoms with Gasteiger partial charge in [0.2, 0.25) is 5.12 Å². The number of hydrogen-bond acceptors (Lipinski definition) is 3. The van der Waals surface area contributed by atoms with E-state index < -0.39 is 17.7 Å². The van der Waals surface area contributed by atoms with Gasteiger partial charge in [0.15, 0.2) is 0 Å². The predicted octanol–water partition coefficient (Wildman–Crippen LogP) is 4.33. The normalized spacial score (nSPS) is 17.5. The van der Waals surface area contributed by atoms with Gasteiger partial charge in [-0.05, 0) is 24.3 Å². The van der Waals surface area contributed by atoms with Crippen molar-refractivity contribution in [3.63, 3.8) is 0 Å². The zero-order chi connectivity index (χ0) is 18.4. The maximum Gasteiger partial charge on any atom is 0.289 e. The Bertz CT molecular complexity index is 1050. The lowest BCUT2D eigenvalue weighted by molar-refractivity contribution is -0.113. The molecule has 4 nitrogen and oxygen atoms in total. The van der Waals surface area contributed by atoms with Gasteiger partial charge in [0.1, 0.15) is 17.7 Å². The lowest BCUT2D eigenvalue weighted by Crippen LogP contribution is -2.23. The minimum absolute atomic E-state index is 0.121. The third-order valence-corrected chi connectivity index (χ3v) is 5.44. The van der Waals surface area contributed by atoms with E-state index in [9.17, 15) is 18.4 Å². The minimum Gasteiger partial charge on any atom is -0.343 e. The van der Waals surface area contributed by atoms with Crippen molar-refractivity contribution in [1.82, 2.24) is 9.47 Å². The molecule has 7 heteroatoms. The summed E-state index contributed by atoms with van der Waals surface area (Å²) in [7, 11) is 1.59. The standard InChI is InChI=1S/C19H14F2N2O2S/c1-22-17(18(24)26-19(22)25)14-10-23(16-5-3-2-4-13(14)16)9-11-8-12(20)6-7-15(11)21/h2-8,10,17H,9H2,1H3. The number of likely N-dealkylation sites (N-methyl/N-ethyl adjacent to an activating group) is 1. The number of carbonyl (C=O) groups excluding carboxylic acids is 2. The highest BCUT2D eigenvalue weighted by Gasteiger charge is 2.39. The third kappa shape index (κ3) is 2.68. The molecule has 1 aliphatic rings. The number of halogens is 2. The molecule has 1 amide bonds. The third-order valence-electron chi connectivity index (χ3n) is 4.55. The molecule has 0 radical (unpaired) electrons. The molecule has 0 aliphatic carbocycles. The number of rotatable bonds is 3. The van der Waals surface area contributed by atoms with Gasteiger partial charge in [0.05, 0.1) is 6.54 Å². The van der Waals surface area contributed by atoms with Gasteiger partial charge in [-0.3, -0.25) is 9.59 Å². The molecule has 132 valence electrons. The highest BCUT2D eigenvalue weighted by molar-refractivity contribution is 8.26. The van der Waals surface area contributed by atoms with Gasteiger partial charge < -0.3 is 9.47 Å². The van der Waals surface area contributed by atoms with Crippen molar-refractivity contribution in [2.45, 2.75) is 12.6 Å². The second kappa shape index (κ2) is 6.25. The Morgan fingerprint density at radius 3 is 2.62 bits per heavy atom. The average molecular weight is 372 g/mol. The maximum absolute atomic E-state index is 14.0. The van der Waals surface area contributed by atoms with Crippen LogP contribution in [0.15, 0.2) is 48.7 Å². The second-order valence-electron chi connectivity index (χ2n) is 6.17. The predicted molar refractivity (Wildman–Crippen MR) is 95.9 cm³/mol. The average Bonchev–Trinajstić information content (AvgIpc) is 3.08. The first-order valence-electron chi connectivity index (χ1n) is 7.96. The van der Waals surface area contributed by atoms with E-state index in [1.807, 2.05) is 24.3 Å². The molecule has 3 aromatic rings. The van der Waals surface area contributed by atoms with Crippen molar-refractivity contribution in [3.05, 3.63) is 71.4 Å². The number of carbonyl (C=O) groups is 2. The van der Waals surface area contributed by atoms with Crippen molar-refractivity contribution >= 4 is 33.0 Å². The van der Waals surface area contributed by atoms with E-state index in [0.29, 0.717) is 17.3 Å². The fraction of sp³-hybridized carbons (Fsp3) is 0.158. The number of hydrogen-bond donors (Lipinski definition) is 0. The summed E-state index contributed by atoms with van der Waals surface area (Å²) < 4.78 is 29.3. The van der Waals surface area contributed by atoms with Crippen LogP contribution in [0.2, 0.25) is 0 Å². The Morgan fingerprint density at radius 2 is 1.88 bits per heavy atom. The summed E-state index contributed by atoms with van der Waals surface area (Å²) >= 11 is 0.687. The van der Waals surface area contributed by atoms with Crippen LogP contribution in [0.4, 0.5) is 13.6 Å². The molecular formula is C19H14F2N2O2S. The molecule has 1 atom stereocenters. The largest absolute Gasteiger partial charge is 0.343 e. The monoisotopic (exact) mass is 372 g/mol. The van der Waals surface area contributed by atoms with Crippen molar-refractivity contribution in [1.29, 1.82) is 0 Å². The Hall–Kier alpha value is -2.67. The quantitative estimate of drug-likeness (QED) is 0.687. The van der Waals surface area contributed by atoms with E-state index in [1.165, 1.54) is 4.90 Å². The summed E-state index contributed by atoms with van der Waals surface area (Å²) in [4.78, 5) is 25.5. The topological polar surface area (TPSA) is 42.3 Å². The van der Waals surface area contributed by atoms with Crippen molar-refractivity contribution < 1.29 is 18.4 Å². The van der Waals surface area contributed by atoms with Crippen LogP contribution in [0.5, 0.6) is 0 Å².